The van der Waals surface area contributed by atoms with Crippen molar-refractivity contribution in [3.63, 3.8) is 0 Å². The first-order valence-corrected chi connectivity index (χ1v) is 10.1. The predicted octanol–water partition coefficient (Wildman–Crippen LogP) is 4.77. The molecule has 5 rings (SSSR count). The van der Waals surface area contributed by atoms with E-state index >= 15 is 0 Å². The van der Waals surface area contributed by atoms with E-state index in [1.165, 1.54) is 23.2 Å². The number of nitrogens with zero attached hydrogens (tertiary/aromatic N) is 4. The van der Waals surface area contributed by atoms with Crippen LogP contribution < -0.4 is 4.74 Å². The largest absolute Gasteiger partial charge is 0.496 e. The maximum atomic E-state index is 13.8. The monoisotopic (exact) mass is 426 g/mol. The highest BCUT2D eigenvalue weighted by Gasteiger charge is 2.34. The SMILES string of the molecule is COc1ccccc1C1=NN(C(=O)c2cccc(F)c2)[C@@H](c2ccc3nccnc3c2)C1. The lowest BCUT2D eigenvalue weighted by atomic mass is 9.97. The van der Waals surface area contributed by atoms with Crippen LogP contribution >= 0.6 is 0 Å². The Bertz CT molecular complexity index is 1350. The molecule has 0 radical (unpaired) electrons. The summed E-state index contributed by atoms with van der Waals surface area (Å²) in [6, 6.07) is 18.5. The molecule has 7 heteroatoms. The minimum atomic E-state index is -0.471. The smallest absolute Gasteiger partial charge is 0.274 e. The molecule has 0 bridgehead atoms. The summed E-state index contributed by atoms with van der Waals surface area (Å²) in [6.45, 7) is 0. The second-order valence-electron chi connectivity index (χ2n) is 7.43. The predicted molar refractivity (Wildman–Crippen MR) is 119 cm³/mol. The van der Waals surface area contributed by atoms with Gasteiger partial charge in [0.2, 0.25) is 0 Å². The fourth-order valence-electron chi connectivity index (χ4n) is 3.94. The number of methoxy groups -OCH3 is 1. The van der Waals surface area contributed by atoms with Crippen LogP contribution in [0.25, 0.3) is 11.0 Å². The number of hydrogen-bond acceptors (Lipinski definition) is 5. The standard InChI is InChI=1S/C25H19FN4O2/c1-32-24-8-3-2-7-19(24)21-15-23(16-9-10-20-22(14-16)28-12-11-27-20)30(29-21)25(31)17-5-4-6-18(26)13-17/h2-14,23H,15H2,1H3/t23-/m1/s1. The third-order valence-corrected chi connectivity index (χ3v) is 5.49. The number of para-hydroxylation sites is 1. The van der Waals surface area contributed by atoms with Gasteiger partial charge in [-0.15, -0.1) is 0 Å². The van der Waals surface area contributed by atoms with Crippen molar-refractivity contribution < 1.29 is 13.9 Å². The third kappa shape index (κ3) is 3.58. The maximum absolute atomic E-state index is 13.8. The first-order valence-electron chi connectivity index (χ1n) is 10.1. The van der Waals surface area contributed by atoms with Gasteiger partial charge < -0.3 is 4.74 Å². The van der Waals surface area contributed by atoms with E-state index in [9.17, 15) is 9.18 Å². The van der Waals surface area contributed by atoms with E-state index in [2.05, 4.69) is 15.1 Å². The number of benzene rings is 3. The van der Waals surface area contributed by atoms with E-state index < -0.39 is 5.82 Å². The summed E-state index contributed by atoms with van der Waals surface area (Å²) >= 11 is 0. The van der Waals surface area contributed by atoms with Crippen molar-refractivity contribution in [3.05, 3.63) is 102 Å². The second-order valence-corrected chi connectivity index (χ2v) is 7.43. The Morgan fingerprint density at radius 3 is 2.62 bits per heavy atom. The number of amides is 1. The number of carbonyl (C=O) groups is 1. The molecule has 1 aromatic heterocycles. The molecule has 0 spiro atoms. The minimum Gasteiger partial charge on any atom is -0.496 e. The molecule has 0 unspecified atom stereocenters. The molecule has 1 aliphatic heterocycles. The van der Waals surface area contributed by atoms with E-state index in [1.807, 2.05) is 42.5 Å². The molecule has 0 N–H and O–H groups in total. The van der Waals surface area contributed by atoms with Crippen molar-refractivity contribution >= 4 is 22.7 Å². The van der Waals surface area contributed by atoms with Crippen molar-refractivity contribution in [1.29, 1.82) is 0 Å². The van der Waals surface area contributed by atoms with Crippen LogP contribution in [0.1, 0.15) is 33.9 Å². The van der Waals surface area contributed by atoms with Gasteiger partial charge in [-0.1, -0.05) is 24.3 Å². The highest BCUT2D eigenvalue weighted by Crippen LogP contribution is 2.36. The zero-order valence-corrected chi connectivity index (χ0v) is 17.3. The van der Waals surface area contributed by atoms with Gasteiger partial charge in [0, 0.05) is 29.9 Å². The minimum absolute atomic E-state index is 0.237. The maximum Gasteiger partial charge on any atom is 0.274 e. The van der Waals surface area contributed by atoms with Gasteiger partial charge in [0.1, 0.15) is 11.6 Å². The summed E-state index contributed by atoms with van der Waals surface area (Å²) in [4.78, 5) is 22.1. The molecule has 0 fully saturated rings. The van der Waals surface area contributed by atoms with Gasteiger partial charge >= 0.3 is 0 Å². The van der Waals surface area contributed by atoms with Crippen molar-refractivity contribution in [1.82, 2.24) is 15.0 Å². The molecule has 4 aromatic rings. The Kier molecular flexibility index (Phi) is 5.07. The number of hydrazone groups is 1. The Morgan fingerprint density at radius 2 is 1.81 bits per heavy atom. The van der Waals surface area contributed by atoms with Crippen molar-refractivity contribution in [2.24, 2.45) is 5.10 Å². The van der Waals surface area contributed by atoms with Crippen LogP contribution in [0.5, 0.6) is 5.75 Å². The van der Waals surface area contributed by atoms with Crippen LogP contribution in [-0.4, -0.2) is 33.7 Å². The fourth-order valence-corrected chi connectivity index (χ4v) is 3.94. The molecule has 158 valence electrons. The van der Waals surface area contributed by atoms with E-state index in [0.29, 0.717) is 12.2 Å². The number of hydrogen-bond donors (Lipinski definition) is 0. The molecule has 1 amide bonds. The van der Waals surface area contributed by atoms with E-state index in [1.54, 1.807) is 25.6 Å². The average Bonchev–Trinajstić information content (AvgIpc) is 3.28. The third-order valence-electron chi connectivity index (χ3n) is 5.49. The average molecular weight is 426 g/mol. The normalized spacial score (nSPS) is 15.6. The Labute approximate surface area is 184 Å². The Balaban J connectivity index is 1.60. The van der Waals surface area contributed by atoms with Crippen LogP contribution in [-0.2, 0) is 0 Å². The zero-order valence-electron chi connectivity index (χ0n) is 17.3. The van der Waals surface area contributed by atoms with Gasteiger partial charge in [0.05, 0.1) is 29.9 Å². The number of fused-ring (bicyclic) bond motifs is 1. The van der Waals surface area contributed by atoms with E-state index in [0.717, 1.165) is 27.9 Å². The van der Waals surface area contributed by atoms with Gasteiger partial charge in [-0.05, 0) is 48.0 Å². The lowest BCUT2D eigenvalue weighted by Gasteiger charge is -2.22. The number of aromatic nitrogens is 2. The fraction of sp³-hybridized carbons (Fsp3) is 0.120. The lowest BCUT2D eigenvalue weighted by Crippen LogP contribution is -2.27. The van der Waals surface area contributed by atoms with Crippen LogP contribution in [0, 0.1) is 5.82 Å². The molecule has 3 aromatic carbocycles. The molecular weight excluding hydrogens is 407 g/mol. The van der Waals surface area contributed by atoms with Crippen molar-refractivity contribution in [2.75, 3.05) is 7.11 Å². The van der Waals surface area contributed by atoms with Gasteiger partial charge in [0.15, 0.2) is 0 Å². The van der Waals surface area contributed by atoms with Gasteiger partial charge in [0.25, 0.3) is 5.91 Å². The molecule has 32 heavy (non-hydrogen) atoms. The number of ether oxygens (including phenoxy) is 1. The molecule has 1 atom stereocenters. The summed E-state index contributed by atoms with van der Waals surface area (Å²) < 4.78 is 19.3. The molecular formula is C25H19FN4O2. The van der Waals surface area contributed by atoms with Crippen molar-refractivity contribution in [2.45, 2.75) is 12.5 Å². The molecule has 1 aliphatic rings. The van der Waals surface area contributed by atoms with Gasteiger partial charge in [-0.25, -0.2) is 9.40 Å². The highest BCUT2D eigenvalue weighted by molar-refractivity contribution is 6.06. The summed E-state index contributed by atoms with van der Waals surface area (Å²) in [5.74, 6) is -0.172. The second kappa shape index (κ2) is 8.19. The van der Waals surface area contributed by atoms with Crippen LogP contribution in [0.15, 0.2) is 84.2 Å². The van der Waals surface area contributed by atoms with Crippen LogP contribution in [0.3, 0.4) is 0 Å². The summed E-state index contributed by atoms with van der Waals surface area (Å²) in [7, 11) is 1.60. The quantitative estimate of drug-likeness (QED) is 0.472. The topological polar surface area (TPSA) is 67.7 Å². The number of carbonyl (C=O) groups excluding carboxylic acids is 1. The zero-order chi connectivity index (χ0) is 22.1. The van der Waals surface area contributed by atoms with Crippen molar-refractivity contribution in [3.8, 4) is 5.75 Å². The Morgan fingerprint density at radius 1 is 1.00 bits per heavy atom. The number of rotatable bonds is 4. The molecule has 2 heterocycles. The van der Waals surface area contributed by atoms with E-state index in [-0.39, 0.29) is 17.5 Å². The first-order chi connectivity index (χ1) is 15.6. The lowest BCUT2D eigenvalue weighted by molar-refractivity contribution is 0.0710. The first kappa shape index (κ1) is 19.8. The van der Waals surface area contributed by atoms with Gasteiger partial charge in [-0.2, -0.15) is 5.10 Å². The molecule has 0 saturated heterocycles. The summed E-state index contributed by atoms with van der Waals surface area (Å²) in [6.07, 6.45) is 3.75. The van der Waals surface area contributed by atoms with Gasteiger partial charge in [-0.3, -0.25) is 14.8 Å². The Hall–Kier alpha value is -4.13. The number of halogens is 1. The summed E-state index contributed by atoms with van der Waals surface area (Å²) in [5.41, 5.74) is 4.14. The van der Waals surface area contributed by atoms with E-state index in [4.69, 9.17) is 4.74 Å². The molecule has 6 nitrogen and oxygen atoms in total. The van der Waals surface area contributed by atoms with Crippen LogP contribution in [0.4, 0.5) is 4.39 Å². The van der Waals surface area contributed by atoms with Crippen LogP contribution in [0.2, 0.25) is 0 Å². The molecule has 0 saturated carbocycles. The highest BCUT2D eigenvalue weighted by atomic mass is 19.1. The molecule has 0 aliphatic carbocycles. The summed E-state index contributed by atoms with van der Waals surface area (Å²) in [5, 5.41) is 6.10.